The quantitative estimate of drug-likeness (QED) is 0.601. The van der Waals surface area contributed by atoms with E-state index in [1.54, 1.807) is 0 Å². The van der Waals surface area contributed by atoms with Crippen LogP contribution < -0.4 is 10.6 Å². The van der Waals surface area contributed by atoms with Crippen LogP contribution >= 0.6 is 0 Å². The van der Waals surface area contributed by atoms with E-state index in [1.165, 1.54) is 44.9 Å². The van der Waals surface area contributed by atoms with E-state index >= 15 is 0 Å². The minimum absolute atomic E-state index is 0.134. The summed E-state index contributed by atoms with van der Waals surface area (Å²) in [6, 6.07) is 0. The first-order valence-electron chi connectivity index (χ1n) is 8.68. The van der Waals surface area contributed by atoms with E-state index in [1.807, 2.05) is 0 Å². The SMILES string of the molecule is CCCCCCCCCCNC(=O)C1(C)CCNCC1. The van der Waals surface area contributed by atoms with Crippen LogP contribution in [0.3, 0.4) is 0 Å². The molecule has 0 spiro atoms. The monoisotopic (exact) mass is 282 g/mol. The summed E-state index contributed by atoms with van der Waals surface area (Å²) >= 11 is 0. The second-order valence-electron chi connectivity index (χ2n) is 6.54. The molecule has 1 amide bonds. The van der Waals surface area contributed by atoms with Gasteiger partial charge in [-0.15, -0.1) is 0 Å². The highest BCUT2D eigenvalue weighted by Crippen LogP contribution is 2.27. The number of carbonyl (C=O) groups is 1. The summed E-state index contributed by atoms with van der Waals surface area (Å²) in [7, 11) is 0. The van der Waals surface area contributed by atoms with Gasteiger partial charge in [0.15, 0.2) is 0 Å². The van der Waals surface area contributed by atoms with Crippen molar-refractivity contribution in [2.45, 2.75) is 78.1 Å². The third kappa shape index (κ3) is 6.74. The van der Waals surface area contributed by atoms with Crippen LogP contribution in [0.25, 0.3) is 0 Å². The Balaban J connectivity index is 1.96. The molecule has 1 aliphatic heterocycles. The summed E-state index contributed by atoms with van der Waals surface area (Å²) < 4.78 is 0. The molecule has 3 nitrogen and oxygen atoms in total. The van der Waals surface area contributed by atoms with Gasteiger partial charge >= 0.3 is 0 Å². The van der Waals surface area contributed by atoms with E-state index in [-0.39, 0.29) is 11.3 Å². The van der Waals surface area contributed by atoms with E-state index in [4.69, 9.17) is 0 Å². The molecule has 0 radical (unpaired) electrons. The van der Waals surface area contributed by atoms with Gasteiger partial charge in [0, 0.05) is 12.0 Å². The van der Waals surface area contributed by atoms with Crippen molar-refractivity contribution >= 4 is 5.91 Å². The molecule has 0 unspecified atom stereocenters. The number of carbonyl (C=O) groups excluding carboxylic acids is 1. The summed E-state index contributed by atoms with van der Waals surface area (Å²) in [5, 5.41) is 6.46. The highest BCUT2D eigenvalue weighted by molar-refractivity contribution is 5.82. The van der Waals surface area contributed by atoms with Gasteiger partial charge in [0.25, 0.3) is 0 Å². The predicted octanol–water partition coefficient (Wildman–Crippen LogP) is 3.63. The van der Waals surface area contributed by atoms with Gasteiger partial charge in [0.1, 0.15) is 0 Å². The zero-order valence-electron chi connectivity index (χ0n) is 13.6. The van der Waals surface area contributed by atoms with Gasteiger partial charge in [0.2, 0.25) is 5.91 Å². The minimum Gasteiger partial charge on any atom is -0.356 e. The van der Waals surface area contributed by atoms with Crippen LogP contribution in [0.4, 0.5) is 0 Å². The lowest BCUT2D eigenvalue weighted by Crippen LogP contribution is -2.46. The molecule has 0 aliphatic carbocycles. The molecule has 20 heavy (non-hydrogen) atoms. The third-order valence-corrected chi connectivity index (χ3v) is 4.57. The topological polar surface area (TPSA) is 41.1 Å². The predicted molar refractivity (Wildman–Crippen MR) is 85.8 cm³/mol. The van der Waals surface area contributed by atoms with Crippen molar-refractivity contribution in [3.63, 3.8) is 0 Å². The number of hydrogen-bond donors (Lipinski definition) is 2. The molecular weight excluding hydrogens is 248 g/mol. The number of hydrogen-bond acceptors (Lipinski definition) is 2. The average molecular weight is 282 g/mol. The molecule has 0 aromatic heterocycles. The Hall–Kier alpha value is -0.570. The van der Waals surface area contributed by atoms with Gasteiger partial charge in [-0.25, -0.2) is 0 Å². The number of amides is 1. The zero-order valence-corrected chi connectivity index (χ0v) is 13.6. The number of piperidine rings is 1. The highest BCUT2D eigenvalue weighted by Gasteiger charge is 2.33. The van der Waals surface area contributed by atoms with E-state index < -0.39 is 0 Å². The lowest BCUT2D eigenvalue weighted by Gasteiger charge is -2.32. The minimum atomic E-state index is -0.134. The van der Waals surface area contributed by atoms with Crippen molar-refractivity contribution in [3.8, 4) is 0 Å². The van der Waals surface area contributed by atoms with Gasteiger partial charge in [0.05, 0.1) is 0 Å². The fourth-order valence-corrected chi connectivity index (χ4v) is 2.88. The second-order valence-corrected chi connectivity index (χ2v) is 6.54. The van der Waals surface area contributed by atoms with Gasteiger partial charge in [-0.2, -0.15) is 0 Å². The molecule has 118 valence electrons. The van der Waals surface area contributed by atoms with Crippen LogP contribution in [-0.4, -0.2) is 25.5 Å². The van der Waals surface area contributed by atoms with Crippen LogP contribution in [-0.2, 0) is 4.79 Å². The van der Waals surface area contributed by atoms with Crippen LogP contribution in [0.5, 0.6) is 0 Å². The molecule has 3 heteroatoms. The summed E-state index contributed by atoms with van der Waals surface area (Å²) in [5.74, 6) is 0.266. The lowest BCUT2D eigenvalue weighted by molar-refractivity contribution is -0.131. The molecule has 0 bridgehead atoms. The van der Waals surface area contributed by atoms with Gasteiger partial charge in [-0.3, -0.25) is 4.79 Å². The Kier molecular flexibility index (Phi) is 8.92. The van der Waals surface area contributed by atoms with Gasteiger partial charge in [-0.1, -0.05) is 58.8 Å². The first kappa shape index (κ1) is 17.5. The van der Waals surface area contributed by atoms with Crippen molar-refractivity contribution in [2.75, 3.05) is 19.6 Å². The lowest BCUT2D eigenvalue weighted by atomic mass is 9.80. The molecule has 0 aromatic carbocycles. The maximum Gasteiger partial charge on any atom is 0.226 e. The zero-order chi connectivity index (χ0) is 14.7. The van der Waals surface area contributed by atoms with Crippen LogP contribution in [0.2, 0.25) is 0 Å². The number of unbranched alkanes of at least 4 members (excludes halogenated alkanes) is 7. The van der Waals surface area contributed by atoms with Crippen molar-refractivity contribution < 1.29 is 4.79 Å². The van der Waals surface area contributed by atoms with E-state index in [0.29, 0.717) is 0 Å². The van der Waals surface area contributed by atoms with E-state index in [0.717, 1.165) is 38.9 Å². The van der Waals surface area contributed by atoms with E-state index in [9.17, 15) is 4.79 Å². The molecule has 0 atom stereocenters. The Morgan fingerprint density at radius 3 is 2.15 bits per heavy atom. The highest BCUT2D eigenvalue weighted by atomic mass is 16.2. The van der Waals surface area contributed by atoms with Crippen LogP contribution in [0, 0.1) is 5.41 Å². The van der Waals surface area contributed by atoms with Crippen molar-refractivity contribution in [1.82, 2.24) is 10.6 Å². The summed E-state index contributed by atoms with van der Waals surface area (Å²) in [6.45, 7) is 7.17. The Labute approximate surface area is 125 Å². The Morgan fingerprint density at radius 2 is 1.55 bits per heavy atom. The molecule has 1 rings (SSSR count). The smallest absolute Gasteiger partial charge is 0.226 e. The largest absolute Gasteiger partial charge is 0.356 e. The second kappa shape index (κ2) is 10.2. The molecule has 0 saturated carbocycles. The third-order valence-electron chi connectivity index (χ3n) is 4.57. The standard InChI is InChI=1S/C17H34N2O/c1-3-4-5-6-7-8-9-10-13-19-16(20)17(2)11-14-18-15-12-17/h18H,3-15H2,1-2H3,(H,19,20). The van der Waals surface area contributed by atoms with E-state index in [2.05, 4.69) is 24.5 Å². The maximum atomic E-state index is 12.2. The number of nitrogens with one attached hydrogen (secondary N) is 2. The van der Waals surface area contributed by atoms with Crippen LogP contribution in [0.15, 0.2) is 0 Å². The first-order chi connectivity index (χ1) is 9.69. The van der Waals surface area contributed by atoms with Crippen molar-refractivity contribution in [1.29, 1.82) is 0 Å². The first-order valence-corrected chi connectivity index (χ1v) is 8.68. The summed E-state index contributed by atoms with van der Waals surface area (Å²) in [4.78, 5) is 12.2. The maximum absolute atomic E-state index is 12.2. The van der Waals surface area contributed by atoms with Crippen LogP contribution in [0.1, 0.15) is 78.1 Å². The fourth-order valence-electron chi connectivity index (χ4n) is 2.88. The summed E-state index contributed by atoms with van der Waals surface area (Å²) in [6.07, 6.45) is 12.5. The molecule has 1 fully saturated rings. The molecule has 2 N–H and O–H groups in total. The van der Waals surface area contributed by atoms with Crippen molar-refractivity contribution in [3.05, 3.63) is 0 Å². The Morgan fingerprint density at radius 1 is 1.00 bits per heavy atom. The molecule has 1 heterocycles. The fraction of sp³-hybridized carbons (Fsp3) is 0.941. The molecule has 0 aromatic rings. The van der Waals surface area contributed by atoms with Gasteiger partial charge < -0.3 is 10.6 Å². The van der Waals surface area contributed by atoms with Crippen molar-refractivity contribution in [2.24, 2.45) is 5.41 Å². The number of rotatable bonds is 10. The summed E-state index contributed by atoms with van der Waals surface area (Å²) in [5.41, 5.74) is -0.134. The average Bonchev–Trinajstić information content (AvgIpc) is 2.46. The molecule has 1 saturated heterocycles. The molecule has 1 aliphatic rings. The molecular formula is C17H34N2O. The normalized spacial score (nSPS) is 17.9. The Bertz CT molecular complexity index is 260. The van der Waals surface area contributed by atoms with Gasteiger partial charge in [-0.05, 0) is 32.4 Å².